The molecule has 0 unspecified atom stereocenters. The zero-order chi connectivity index (χ0) is 9.26. The summed E-state index contributed by atoms with van der Waals surface area (Å²) in [5.41, 5.74) is 0. The van der Waals surface area contributed by atoms with Gasteiger partial charge in [-0.05, 0) is 12.8 Å². The average molecular weight is 181 g/mol. The Kier molecular flexibility index (Phi) is 2.36. The van der Waals surface area contributed by atoms with Crippen molar-refractivity contribution >= 4 is 5.91 Å². The van der Waals surface area contributed by atoms with E-state index < -0.39 is 0 Å². The second kappa shape index (κ2) is 3.50. The van der Waals surface area contributed by atoms with Gasteiger partial charge in [-0.3, -0.25) is 4.79 Å². The molecule has 0 spiro atoms. The Hall–Kier alpha value is -0.830. The van der Waals surface area contributed by atoms with Crippen LogP contribution in [0.15, 0.2) is 12.2 Å². The van der Waals surface area contributed by atoms with Gasteiger partial charge in [-0.25, -0.2) is 0 Å². The fraction of sp³-hybridized carbons (Fsp3) is 0.700. The molecule has 2 aliphatic rings. The lowest BCUT2D eigenvalue weighted by molar-refractivity contribution is -0.129. The molecule has 13 heavy (non-hydrogen) atoms. The Labute approximate surface area is 78.0 Å². The Bertz CT molecular complexity index is 237. The molecule has 3 heteroatoms. The number of likely N-dealkylation sites (tertiary alicyclic amines) is 1. The predicted molar refractivity (Wildman–Crippen MR) is 49.1 cm³/mol. The number of hydrogen-bond acceptors (Lipinski definition) is 2. The highest BCUT2D eigenvalue weighted by molar-refractivity contribution is 5.78. The van der Waals surface area contributed by atoms with Gasteiger partial charge in [-0.2, -0.15) is 0 Å². The van der Waals surface area contributed by atoms with E-state index in [1.54, 1.807) is 0 Å². The van der Waals surface area contributed by atoms with Gasteiger partial charge in [0.1, 0.15) is 0 Å². The van der Waals surface area contributed by atoms with Crippen molar-refractivity contribution in [3.05, 3.63) is 12.2 Å². The molecular weight excluding hydrogens is 166 g/mol. The Balaban J connectivity index is 2.06. The van der Waals surface area contributed by atoms with Gasteiger partial charge in [0, 0.05) is 25.5 Å². The summed E-state index contributed by atoms with van der Waals surface area (Å²) in [7, 11) is 0. The number of nitrogens with zero attached hydrogens (tertiary/aromatic N) is 1. The molecule has 0 aromatic heterocycles. The van der Waals surface area contributed by atoms with E-state index >= 15 is 0 Å². The minimum absolute atomic E-state index is 0.167. The molecule has 2 atom stereocenters. The van der Waals surface area contributed by atoms with Gasteiger partial charge >= 0.3 is 0 Å². The lowest BCUT2D eigenvalue weighted by Gasteiger charge is -2.27. The van der Waals surface area contributed by atoms with Crippen molar-refractivity contribution in [2.24, 2.45) is 5.92 Å². The molecule has 3 nitrogen and oxygen atoms in total. The van der Waals surface area contributed by atoms with Crippen molar-refractivity contribution in [3.63, 3.8) is 0 Å². The van der Waals surface area contributed by atoms with E-state index in [1.165, 1.54) is 0 Å². The third-order valence-corrected chi connectivity index (χ3v) is 2.96. The molecule has 1 aliphatic carbocycles. The minimum atomic E-state index is 0.167. The maximum Gasteiger partial charge on any atom is 0.223 e. The molecule has 1 amide bonds. The smallest absolute Gasteiger partial charge is 0.223 e. The maximum absolute atomic E-state index is 11.4. The van der Waals surface area contributed by atoms with Gasteiger partial charge in [-0.1, -0.05) is 12.2 Å². The van der Waals surface area contributed by atoms with E-state index in [-0.39, 0.29) is 24.5 Å². The van der Waals surface area contributed by atoms with Crippen molar-refractivity contribution in [1.82, 2.24) is 4.90 Å². The largest absolute Gasteiger partial charge is 0.396 e. The highest BCUT2D eigenvalue weighted by Gasteiger charge is 2.33. The first-order valence-corrected chi connectivity index (χ1v) is 4.90. The van der Waals surface area contributed by atoms with Gasteiger partial charge in [-0.15, -0.1) is 0 Å². The summed E-state index contributed by atoms with van der Waals surface area (Å²) in [4.78, 5) is 13.3. The van der Waals surface area contributed by atoms with E-state index in [0.717, 1.165) is 19.4 Å². The molecule has 1 saturated heterocycles. The number of aliphatic hydroxyl groups excluding tert-OH is 1. The van der Waals surface area contributed by atoms with Gasteiger partial charge in [0.2, 0.25) is 5.91 Å². The van der Waals surface area contributed by atoms with Crippen molar-refractivity contribution in [2.75, 3.05) is 13.2 Å². The topological polar surface area (TPSA) is 40.5 Å². The molecule has 1 fully saturated rings. The Morgan fingerprint density at radius 1 is 1.62 bits per heavy atom. The highest BCUT2D eigenvalue weighted by Crippen LogP contribution is 2.26. The van der Waals surface area contributed by atoms with Crippen LogP contribution in [0.25, 0.3) is 0 Å². The lowest BCUT2D eigenvalue weighted by Crippen LogP contribution is -2.39. The van der Waals surface area contributed by atoms with E-state index in [1.807, 2.05) is 4.90 Å². The molecule has 1 heterocycles. The van der Waals surface area contributed by atoms with Crippen molar-refractivity contribution < 1.29 is 9.90 Å². The molecule has 0 aromatic carbocycles. The third-order valence-electron chi connectivity index (χ3n) is 2.96. The highest BCUT2D eigenvalue weighted by atomic mass is 16.3. The number of carbonyl (C=O) groups excluding carboxylic acids is 1. The first kappa shape index (κ1) is 8.75. The summed E-state index contributed by atoms with van der Waals surface area (Å²) in [6.07, 6.45) is 6.69. The summed E-state index contributed by atoms with van der Waals surface area (Å²) in [5.74, 6) is 0.483. The number of amides is 1. The fourth-order valence-corrected chi connectivity index (χ4v) is 2.21. The van der Waals surface area contributed by atoms with Crippen LogP contribution in [0.2, 0.25) is 0 Å². The van der Waals surface area contributed by atoms with Crippen LogP contribution in [0.3, 0.4) is 0 Å². The molecule has 0 radical (unpaired) electrons. The molecule has 0 saturated carbocycles. The molecular formula is C10H15NO2. The molecule has 0 bridgehead atoms. The van der Waals surface area contributed by atoms with E-state index in [0.29, 0.717) is 6.42 Å². The number of allylic oxidation sites excluding steroid dienone is 1. The zero-order valence-electron chi connectivity index (χ0n) is 7.65. The minimum Gasteiger partial charge on any atom is -0.396 e. The molecule has 2 rings (SSSR count). The van der Waals surface area contributed by atoms with Crippen LogP contribution in [0.1, 0.15) is 19.3 Å². The van der Waals surface area contributed by atoms with Crippen LogP contribution in [0.4, 0.5) is 0 Å². The van der Waals surface area contributed by atoms with E-state index in [9.17, 15) is 4.79 Å². The quantitative estimate of drug-likeness (QED) is 0.632. The second-order valence-electron chi connectivity index (χ2n) is 3.79. The van der Waals surface area contributed by atoms with E-state index in [4.69, 9.17) is 5.11 Å². The lowest BCUT2D eigenvalue weighted by atomic mass is 10.0. The van der Waals surface area contributed by atoms with Crippen LogP contribution in [-0.4, -0.2) is 35.1 Å². The second-order valence-corrected chi connectivity index (χ2v) is 3.79. The SMILES string of the molecule is O=C1CCCN1[C@@H]1C=CC[C@@H]1CO. The Morgan fingerprint density at radius 2 is 2.46 bits per heavy atom. The monoisotopic (exact) mass is 181 g/mol. The van der Waals surface area contributed by atoms with E-state index in [2.05, 4.69) is 12.2 Å². The van der Waals surface area contributed by atoms with Crippen LogP contribution >= 0.6 is 0 Å². The fourth-order valence-electron chi connectivity index (χ4n) is 2.21. The van der Waals surface area contributed by atoms with Gasteiger partial charge < -0.3 is 10.0 Å². The number of rotatable bonds is 2. The zero-order valence-corrected chi connectivity index (χ0v) is 7.65. The van der Waals surface area contributed by atoms with Gasteiger partial charge in [0.25, 0.3) is 0 Å². The summed E-state index contributed by atoms with van der Waals surface area (Å²) < 4.78 is 0. The third kappa shape index (κ3) is 1.48. The van der Waals surface area contributed by atoms with Crippen LogP contribution in [0.5, 0.6) is 0 Å². The maximum atomic E-state index is 11.4. The van der Waals surface area contributed by atoms with Gasteiger partial charge in [0.05, 0.1) is 6.04 Å². The standard InChI is InChI=1S/C10H15NO2/c12-7-8-3-1-4-9(8)11-6-2-5-10(11)13/h1,4,8-9,12H,2-3,5-7H2/t8-,9-/m1/s1. The summed E-state index contributed by atoms with van der Waals surface area (Å²) in [5, 5.41) is 9.11. The summed E-state index contributed by atoms with van der Waals surface area (Å²) in [6.45, 7) is 1.05. The normalized spacial score (nSPS) is 33.3. The first-order chi connectivity index (χ1) is 6.33. The average Bonchev–Trinajstić information content (AvgIpc) is 2.71. The van der Waals surface area contributed by atoms with Crippen molar-refractivity contribution in [2.45, 2.75) is 25.3 Å². The van der Waals surface area contributed by atoms with Crippen LogP contribution in [0, 0.1) is 5.92 Å². The van der Waals surface area contributed by atoms with Crippen LogP contribution in [-0.2, 0) is 4.79 Å². The molecule has 1 aliphatic heterocycles. The molecule has 72 valence electrons. The van der Waals surface area contributed by atoms with Crippen molar-refractivity contribution in [3.8, 4) is 0 Å². The molecule has 0 aromatic rings. The number of hydrogen-bond donors (Lipinski definition) is 1. The van der Waals surface area contributed by atoms with Crippen molar-refractivity contribution in [1.29, 1.82) is 0 Å². The Morgan fingerprint density at radius 3 is 3.08 bits per heavy atom. The number of aliphatic hydroxyl groups is 1. The number of carbonyl (C=O) groups is 1. The molecule has 1 N–H and O–H groups in total. The summed E-state index contributed by atoms with van der Waals surface area (Å²) >= 11 is 0. The summed E-state index contributed by atoms with van der Waals surface area (Å²) in [6, 6.07) is 0.167. The van der Waals surface area contributed by atoms with Crippen LogP contribution < -0.4 is 0 Å². The van der Waals surface area contributed by atoms with Gasteiger partial charge in [0.15, 0.2) is 0 Å². The predicted octanol–water partition coefficient (Wildman–Crippen LogP) is 0.546. The first-order valence-electron chi connectivity index (χ1n) is 4.90.